The van der Waals surface area contributed by atoms with E-state index in [9.17, 15) is 4.39 Å². The van der Waals surface area contributed by atoms with Gasteiger partial charge in [0.15, 0.2) is 0 Å². The van der Waals surface area contributed by atoms with Crippen LogP contribution in [0.4, 0.5) is 4.39 Å². The first kappa shape index (κ1) is 13.6. The molecule has 1 aromatic carbocycles. The summed E-state index contributed by atoms with van der Waals surface area (Å²) < 4.78 is 14.3. The van der Waals surface area contributed by atoms with E-state index in [1.807, 2.05) is 6.07 Å². The average molecular weight is 275 g/mol. The van der Waals surface area contributed by atoms with E-state index in [0.717, 1.165) is 24.9 Å². The number of nitrogens with zero attached hydrogens (tertiary/aromatic N) is 1. The molecule has 0 amide bonds. The van der Waals surface area contributed by atoms with Gasteiger partial charge < -0.3 is 5.73 Å². The Bertz CT molecular complexity index is 492. The normalized spacial score (nSPS) is 18.5. The third-order valence-corrected chi connectivity index (χ3v) is 4.19. The summed E-state index contributed by atoms with van der Waals surface area (Å²) in [4.78, 5) is 2.39. The Labute approximate surface area is 119 Å². The van der Waals surface area contributed by atoms with Gasteiger partial charge in [-0.2, -0.15) is 0 Å². The van der Waals surface area contributed by atoms with Crippen LogP contribution < -0.4 is 5.73 Å². The molecule has 1 aromatic rings. The van der Waals surface area contributed by atoms with Crippen molar-refractivity contribution < 1.29 is 4.39 Å². The highest BCUT2D eigenvalue weighted by Crippen LogP contribution is 2.34. The van der Waals surface area contributed by atoms with Gasteiger partial charge in [0.05, 0.1) is 5.56 Å². The third kappa shape index (κ3) is 3.37. The third-order valence-electron chi connectivity index (χ3n) is 4.19. The number of nitrogens with one attached hydrogen (secondary N) is 1. The minimum Gasteiger partial charge on any atom is -0.384 e. The summed E-state index contributed by atoms with van der Waals surface area (Å²) in [6.07, 6.45) is 5.27. The highest BCUT2D eigenvalue weighted by atomic mass is 19.1. The molecule has 20 heavy (non-hydrogen) atoms. The van der Waals surface area contributed by atoms with Gasteiger partial charge >= 0.3 is 0 Å². The Kier molecular flexibility index (Phi) is 3.74. The van der Waals surface area contributed by atoms with Crippen LogP contribution in [0.1, 0.15) is 36.8 Å². The molecule has 108 valence electrons. The summed E-state index contributed by atoms with van der Waals surface area (Å²) in [6, 6.07) is 5.18. The summed E-state index contributed by atoms with van der Waals surface area (Å²) >= 11 is 0. The fourth-order valence-corrected chi connectivity index (χ4v) is 2.69. The van der Waals surface area contributed by atoms with Crippen molar-refractivity contribution in [1.82, 2.24) is 4.90 Å². The molecule has 0 spiro atoms. The van der Waals surface area contributed by atoms with E-state index >= 15 is 0 Å². The topological polar surface area (TPSA) is 53.1 Å². The number of nitrogen functional groups attached to an aromatic ring is 1. The van der Waals surface area contributed by atoms with Crippen LogP contribution in [0, 0.1) is 23.1 Å². The molecule has 0 saturated heterocycles. The van der Waals surface area contributed by atoms with Gasteiger partial charge in [-0.15, -0.1) is 0 Å². The zero-order valence-electron chi connectivity index (χ0n) is 11.7. The fourth-order valence-electron chi connectivity index (χ4n) is 2.69. The standard InChI is InChI=1S/C16H22FN3/c17-15-13(2-1-3-14(15)16(18)19)10-20(8-11-4-5-11)9-12-6-7-12/h1-3,11-12H,4-10H2,(H3,18,19). The maximum absolute atomic E-state index is 14.3. The van der Waals surface area contributed by atoms with Gasteiger partial charge in [-0.3, -0.25) is 10.3 Å². The summed E-state index contributed by atoms with van der Waals surface area (Å²) in [7, 11) is 0. The number of benzene rings is 1. The monoisotopic (exact) mass is 275 g/mol. The summed E-state index contributed by atoms with van der Waals surface area (Å²) in [6.45, 7) is 2.81. The molecule has 3 N–H and O–H groups in total. The number of nitrogens with two attached hydrogens (primary N) is 1. The number of halogens is 1. The molecular formula is C16H22FN3. The maximum Gasteiger partial charge on any atom is 0.138 e. The maximum atomic E-state index is 14.3. The van der Waals surface area contributed by atoms with E-state index in [2.05, 4.69) is 4.90 Å². The first-order valence-electron chi connectivity index (χ1n) is 7.47. The van der Waals surface area contributed by atoms with Crippen molar-refractivity contribution in [3.63, 3.8) is 0 Å². The van der Waals surface area contributed by atoms with Crippen molar-refractivity contribution in [1.29, 1.82) is 5.41 Å². The van der Waals surface area contributed by atoms with Crippen molar-refractivity contribution in [2.45, 2.75) is 32.2 Å². The number of amidine groups is 1. The lowest BCUT2D eigenvalue weighted by Crippen LogP contribution is -2.28. The lowest BCUT2D eigenvalue weighted by molar-refractivity contribution is 0.241. The number of hydrogen-bond donors (Lipinski definition) is 2. The first-order chi connectivity index (χ1) is 9.63. The predicted molar refractivity (Wildman–Crippen MR) is 78.1 cm³/mol. The van der Waals surface area contributed by atoms with Crippen molar-refractivity contribution in [3.8, 4) is 0 Å². The fraction of sp³-hybridized carbons (Fsp3) is 0.562. The number of rotatable bonds is 7. The van der Waals surface area contributed by atoms with Crippen molar-refractivity contribution in [2.75, 3.05) is 13.1 Å². The second kappa shape index (κ2) is 5.52. The van der Waals surface area contributed by atoms with E-state index in [4.69, 9.17) is 11.1 Å². The van der Waals surface area contributed by atoms with Gasteiger partial charge in [0, 0.05) is 25.2 Å². The average Bonchev–Trinajstić information content (AvgIpc) is 3.27. The van der Waals surface area contributed by atoms with E-state index in [0.29, 0.717) is 12.1 Å². The Morgan fingerprint density at radius 3 is 2.30 bits per heavy atom. The van der Waals surface area contributed by atoms with Gasteiger partial charge in [-0.1, -0.05) is 12.1 Å². The van der Waals surface area contributed by atoms with Crippen molar-refractivity contribution >= 4 is 5.84 Å². The lowest BCUT2D eigenvalue weighted by Gasteiger charge is -2.23. The van der Waals surface area contributed by atoms with Crippen LogP contribution in [0.2, 0.25) is 0 Å². The molecule has 2 fully saturated rings. The molecule has 0 aromatic heterocycles. The molecule has 0 aliphatic heterocycles. The summed E-state index contributed by atoms with van der Waals surface area (Å²) in [5.74, 6) is 1.11. The smallest absolute Gasteiger partial charge is 0.138 e. The van der Waals surface area contributed by atoms with Gasteiger partial charge in [0.2, 0.25) is 0 Å². The first-order valence-corrected chi connectivity index (χ1v) is 7.47. The van der Waals surface area contributed by atoms with Crippen LogP contribution in [0.3, 0.4) is 0 Å². The Morgan fingerprint density at radius 1 is 1.20 bits per heavy atom. The van der Waals surface area contributed by atoms with Crippen molar-refractivity contribution in [3.05, 3.63) is 35.1 Å². The molecule has 3 rings (SSSR count). The van der Waals surface area contributed by atoms with Gasteiger partial charge in [-0.25, -0.2) is 4.39 Å². The second-order valence-electron chi connectivity index (χ2n) is 6.27. The molecule has 0 bridgehead atoms. The van der Waals surface area contributed by atoms with E-state index < -0.39 is 0 Å². The lowest BCUT2D eigenvalue weighted by atomic mass is 10.1. The molecule has 2 aliphatic carbocycles. The van der Waals surface area contributed by atoms with Crippen LogP contribution in [0.5, 0.6) is 0 Å². The highest BCUT2D eigenvalue weighted by molar-refractivity contribution is 5.95. The van der Waals surface area contributed by atoms with Gasteiger partial charge in [-0.05, 0) is 43.6 Å². The molecule has 0 heterocycles. The van der Waals surface area contributed by atoms with E-state index in [-0.39, 0.29) is 17.2 Å². The predicted octanol–water partition coefficient (Wildman–Crippen LogP) is 2.73. The highest BCUT2D eigenvalue weighted by Gasteiger charge is 2.29. The number of hydrogen-bond acceptors (Lipinski definition) is 2. The second-order valence-corrected chi connectivity index (χ2v) is 6.27. The molecular weight excluding hydrogens is 253 g/mol. The summed E-state index contributed by atoms with van der Waals surface area (Å²) in [5, 5.41) is 7.43. The Morgan fingerprint density at radius 2 is 1.80 bits per heavy atom. The molecule has 3 nitrogen and oxygen atoms in total. The molecule has 0 radical (unpaired) electrons. The van der Waals surface area contributed by atoms with Gasteiger partial charge in [0.1, 0.15) is 11.7 Å². The van der Waals surface area contributed by atoms with Crippen molar-refractivity contribution in [2.24, 2.45) is 17.6 Å². The zero-order chi connectivity index (χ0) is 14.1. The SMILES string of the molecule is N=C(N)c1cccc(CN(CC2CC2)CC2CC2)c1F. The van der Waals surface area contributed by atoms with E-state index in [1.54, 1.807) is 12.1 Å². The minimum atomic E-state index is -0.323. The minimum absolute atomic E-state index is 0.194. The van der Waals surface area contributed by atoms with Crippen LogP contribution in [0.15, 0.2) is 18.2 Å². The zero-order valence-corrected chi connectivity index (χ0v) is 11.7. The van der Waals surface area contributed by atoms with Crippen LogP contribution >= 0.6 is 0 Å². The Hall–Kier alpha value is -1.42. The van der Waals surface area contributed by atoms with Crippen LogP contribution in [-0.4, -0.2) is 23.8 Å². The Balaban J connectivity index is 1.72. The molecule has 0 atom stereocenters. The van der Waals surface area contributed by atoms with Crippen LogP contribution in [-0.2, 0) is 6.54 Å². The van der Waals surface area contributed by atoms with E-state index in [1.165, 1.54) is 25.7 Å². The molecule has 2 saturated carbocycles. The quantitative estimate of drug-likeness (QED) is 0.594. The molecule has 2 aliphatic rings. The summed E-state index contributed by atoms with van der Waals surface area (Å²) in [5.41, 5.74) is 6.31. The van der Waals surface area contributed by atoms with Crippen LogP contribution in [0.25, 0.3) is 0 Å². The largest absolute Gasteiger partial charge is 0.384 e. The molecule has 0 unspecified atom stereocenters. The molecule has 4 heteroatoms. The van der Waals surface area contributed by atoms with Gasteiger partial charge in [0.25, 0.3) is 0 Å².